The van der Waals surface area contributed by atoms with Gasteiger partial charge in [-0.1, -0.05) is 25.2 Å². The molecule has 0 bridgehead atoms. The Kier molecular flexibility index (Phi) is 4.65. The Labute approximate surface area is 138 Å². The Morgan fingerprint density at radius 3 is 2.48 bits per heavy atom. The molecule has 3 rings (SSSR count). The van der Waals surface area contributed by atoms with Crippen LogP contribution in [-0.4, -0.2) is 57.3 Å². The Morgan fingerprint density at radius 2 is 1.87 bits per heavy atom. The van der Waals surface area contributed by atoms with Crippen LogP contribution < -0.4 is 10.2 Å². The van der Waals surface area contributed by atoms with E-state index in [9.17, 15) is 4.79 Å². The van der Waals surface area contributed by atoms with Crippen LogP contribution in [0.25, 0.3) is 0 Å². The molecule has 2 aromatic heterocycles. The van der Waals surface area contributed by atoms with Crippen molar-refractivity contribution in [3.05, 3.63) is 23.5 Å². The van der Waals surface area contributed by atoms with Crippen molar-refractivity contribution in [1.29, 1.82) is 0 Å². The largest absolute Gasteiger partial charge is 0.337 e. The first-order chi connectivity index (χ1) is 11.1. The molecule has 0 atom stereocenters. The minimum Gasteiger partial charge on any atom is -0.337 e. The summed E-state index contributed by atoms with van der Waals surface area (Å²) in [6, 6.07) is 1.66. The second-order valence-electron chi connectivity index (χ2n) is 5.55. The number of hydrogen-bond acceptors (Lipinski definition) is 7. The lowest BCUT2D eigenvalue weighted by atomic mass is 10.2. The number of nitrogens with zero attached hydrogens (tertiary/aromatic N) is 6. The van der Waals surface area contributed by atoms with Crippen LogP contribution in [0.15, 0.2) is 18.5 Å². The number of rotatable bonds is 3. The van der Waals surface area contributed by atoms with Gasteiger partial charge < -0.3 is 9.80 Å². The van der Waals surface area contributed by atoms with Gasteiger partial charge >= 0.3 is 6.03 Å². The molecule has 9 heteroatoms. The van der Waals surface area contributed by atoms with Crippen LogP contribution in [0.2, 0.25) is 0 Å². The topological polar surface area (TPSA) is 87.1 Å². The number of nitrogens with one attached hydrogen (secondary N) is 1. The molecule has 0 unspecified atom stereocenters. The molecule has 0 aliphatic carbocycles. The van der Waals surface area contributed by atoms with E-state index in [1.165, 1.54) is 11.3 Å². The van der Waals surface area contributed by atoms with Gasteiger partial charge in [0.15, 0.2) is 0 Å². The summed E-state index contributed by atoms with van der Waals surface area (Å²) in [6.07, 6.45) is 3.45. The zero-order valence-electron chi connectivity index (χ0n) is 13.1. The van der Waals surface area contributed by atoms with E-state index < -0.39 is 0 Å². The lowest BCUT2D eigenvalue weighted by Gasteiger charge is -2.34. The van der Waals surface area contributed by atoms with Crippen molar-refractivity contribution in [1.82, 2.24) is 25.1 Å². The highest BCUT2D eigenvalue weighted by atomic mass is 32.1. The zero-order chi connectivity index (χ0) is 16.2. The van der Waals surface area contributed by atoms with Crippen LogP contribution in [0, 0.1) is 0 Å². The van der Waals surface area contributed by atoms with Crippen molar-refractivity contribution >= 4 is 28.4 Å². The fourth-order valence-electron chi connectivity index (χ4n) is 2.25. The third-order valence-corrected chi connectivity index (χ3v) is 4.69. The summed E-state index contributed by atoms with van der Waals surface area (Å²) in [6.45, 7) is 6.78. The molecule has 1 N–H and O–H groups in total. The summed E-state index contributed by atoms with van der Waals surface area (Å²) in [5.41, 5.74) is 0. The van der Waals surface area contributed by atoms with E-state index in [1.807, 2.05) is 0 Å². The number of aromatic nitrogens is 4. The van der Waals surface area contributed by atoms with E-state index in [1.54, 1.807) is 23.4 Å². The van der Waals surface area contributed by atoms with Crippen molar-refractivity contribution in [2.45, 2.75) is 19.8 Å². The first-order valence-corrected chi connectivity index (χ1v) is 8.36. The maximum absolute atomic E-state index is 12.3. The minimum atomic E-state index is -0.134. The number of piperazine rings is 1. The predicted octanol–water partition coefficient (Wildman–Crippen LogP) is 1.81. The average Bonchev–Trinajstić information content (AvgIpc) is 3.04. The third-order valence-electron chi connectivity index (χ3n) is 3.55. The van der Waals surface area contributed by atoms with Gasteiger partial charge in [0.2, 0.25) is 11.1 Å². The standard InChI is InChI=1S/C14H19N7OS/c1-10(2)11-18-19-13(23-11)17-14(22)21-8-6-20(7-9-21)12-15-4-3-5-16-12/h3-5,10H,6-9H2,1-2H3,(H,17,19,22). The molecular weight excluding hydrogens is 314 g/mol. The predicted molar refractivity (Wildman–Crippen MR) is 88.8 cm³/mol. The van der Waals surface area contributed by atoms with Gasteiger partial charge in [-0.2, -0.15) is 0 Å². The summed E-state index contributed by atoms with van der Waals surface area (Å²) in [5, 5.41) is 12.4. The minimum absolute atomic E-state index is 0.134. The van der Waals surface area contributed by atoms with Crippen molar-refractivity contribution < 1.29 is 4.79 Å². The molecule has 0 radical (unpaired) electrons. The molecule has 1 fully saturated rings. The van der Waals surface area contributed by atoms with E-state index in [-0.39, 0.29) is 6.03 Å². The van der Waals surface area contributed by atoms with E-state index in [0.29, 0.717) is 43.2 Å². The van der Waals surface area contributed by atoms with Crippen molar-refractivity contribution in [2.75, 3.05) is 36.4 Å². The second kappa shape index (κ2) is 6.86. The van der Waals surface area contributed by atoms with Crippen LogP contribution in [0.4, 0.5) is 15.9 Å². The molecule has 1 aliphatic heterocycles. The molecule has 23 heavy (non-hydrogen) atoms. The Morgan fingerprint density at radius 1 is 1.17 bits per heavy atom. The van der Waals surface area contributed by atoms with E-state index in [4.69, 9.17) is 0 Å². The lowest BCUT2D eigenvalue weighted by Crippen LogP contribution is -2.50. The van der Waals surface area contributed by atoms with Crippen LogP contribution in [-0.2, 0) is 0 Å². The van der Waals surface area contributed by atoms with Gasteiger partial charge in [-0.05, 0) is 6.07 Å². The molecule has 8 nitrogen and oxygen atoms in total. The number of anilines is 2. The van der Waals surface area contributed by atoms with Crippen LogP contribution >= 0.6 is 11.3 Å². The number of urea groups is 1. The normalized spacial score (nSPS) is 15.1. The summed E-state index contributed by atoms with van der Waals surface area (Å²) in [7, 11) is 0. The van der Waals surface area contributed by atoms with E-state index >= 15 is 0 Å². The molecule has 3 heterocycles. The highest BCUT2D eigenvalue weighted by Crippen LogP contribution is 2.22. The van der Waals surface area contributed by atoms with Gasteiger partial charge in [-0.15, -0.1) is 10.2 Å². The molecule has 0 spiro atoms. The maximum atomic E-state index is 12.3. The van der Waals surface area contributed by atoms with Gasteiger partial charge in [0.1, 0.15) is 5.01 Å². The van der Waals surface area contributed by atoms with Crippen molar-refractivity contribution in [3.8, 4) is 0 Å². The van der Waals surface area contributed by atoms with Crippen LogP contribution in [0.5, 0.6) is 0 Å². The summed E-state index contributed by atoms with van der Waals surface area (Å²) in [5.74, 6) is 1.02. The molecule has 1 saturated heterocycles. The molecule has 0 saturated carbocycles. The third kappa shape index (κ3) is 3.73. The smallest absolute Gasteiger partial charge is 0.323 e. The first-order valence-electron chi connectivity index (χ1n) is 7.55. The van der Waals surface area contributed by atoms with E-state index in [0.717, 1.165) is 5.01 Å². The summed E-state index contributed by atoms with van der Waals surface area (Å²) >= 11 is 1.42. The average molecular weight is 333 g/mol. The number of hydrogen-bond donors (Lipinski definition) is 1. The quantitative estimate of drug-likeness (QED) is 0.922. The monoisotopic (exact) mass is 333 g/mol. The van der Waals surface area contributed by atoms with Gasteiger partial charge in [0, 0.05) is 44.5 Å². The maximum Gasteiger partial charge on any atom is 0.323 e. The highest BCUT2D eigenvalue weighted by Gasteiger charge is 2.23. The fourth-order valence-corrected chi connectivity index (χ4v) is 2.99. The fraction of sp³-hybridized carbons (Fsp3) is 0.500. The second-order valence-corrected chi connectivity index (χ2v) is 6.56. The van der Waals surface area contributed by atoms with Crippen molar-refractivity contribution in [3.63, 3.8) is 0 Å². The number of amides is 2. The van der Waals surface area contributed by atoms with Gasteiger partial charge in [0.25, 0.3) is 0 Å². The highest BCUT2D eigenvalue weighted by molar-refractivity contribution is 7.15. The number of carbonyl (C=O) groups is 1. The lowest BCUT2D eigenvalue weighted by molar-refractivity contribution is 0.208. The van der Waals surface area contributed by atoms with E-state index in [2.05, 4.69) is 44.2 Å². The van der Waals surface area contributed by atoms with Crippen LogP contribution in [0.3, 0.4) is 0 Å². The Bertz CT molecular complexity index is 652. The van der Waals surface area contributed by atoms with Gasteiger partial charge in [0.05, 0.1) is 0 Å². The molecule has 2 amide bonds. The zero-order valence-corrected chi connectivity index (χ0v) is 14.0. The summed E-state index contributed by atoms with van der Waals surface area (Å²) < 4.78 is 0. The van der Waals surface area contributed by atoms with Crippen LogP contribution in [0.1, 0.15) is 24.8 Å². The Balaban J connectivity index is 1.53. The molecule has 2 aromatic rings. The molecule has 122 valence electrons. The first kappa shape index (κ1) is 15.6. The number of carbonyl (C=O) groups excluding carboxylic acids is 1. The molecule has 0 aromatic carbocycles. The molecule has 1 aliphatic rings. The molecular formula is C14H19N7OS. The SMILES string of the molecule is CC(C)c1nnc(NC(=O)N2CCN(c3ncccn3)CC2)s1. The van der Waals surface area contributed by atoms with Gasteiger partial charge in [-0.25, -0.2) is 14.8 Å². The summed E-state index contributed by atoms with van der Waals surface area (Å²) in [4.78, 5) is 24.6. The Hall–Kier alpha value is -2.29. The van der Waals surface area contributed by atoms with Crippen molar-refractivity contribution in [2.24, 2.45) is 0 Å². The van der Waals surface area contributed by atoms with Gasteiger partial charge in [-0.3, -0.25) is 5.32 Å².